The number of nitrogens with one attached hydrogen (secondary N) is 4. The molecule has 0 spiro atoms. The Hall–Kier alpha value is -3.89. The Balaban J connectivity index is 1.02. The van der Waals surface area contributed by atoms with Crippen LogP contribution in [0.4, 0.5) is 28.8 Å². The van der Waals surface area contributed by atoms with Crippen LogP contribution < -0.4 is 26.2 Å². The number of halogens is 1. The molecule has 3 aliphatic heterocycles. The Morgan fingerprint density at radius 1 is 1.12 bits per heavy atom. The number of hydrogen-bond acceptors (Lipinski definition) is 8. The molecule has 2 saturated heterocycles. The smallest absolute Gasteiger partial charge is 0.228 e. The van der Waals surface area contributed by atoms with E-state index in [1.807, 2.05) is 29.9 Å². The number of aryl methyl sites for hydroxylation is 1. The molecule has 2 fully saturated rings. The van der Waals surface area contributed by atoms with Crippen LogP contribution in [-0.4, -0.2) is 57.9 Å². The molecule has 0 bridgehead atoms. The molecule has 0 saturated carbocycles. The molecule has 4 aromatic rings. The first-order valence-corrected chi connectivity index (χ1v) is 15.2. The first kappa shape index (κ1) is 27.0. The Kier molecular flexibility index (Phi) is 7.11. The fourth-order valence-corrected chi connectivity index (χ4v) is 6.70. The SMILES string of the molecule is C[C@@H]1CN(c2ncc(Cl)c(Nc3ccc4c(c3)CC(=O)N4)n2)CC[C@H]1Nc1ccc2c(C3CCCNC3)nn(C)c2c1. The number of benzene rings is 2. The molecule has 218 valence electrons. The third-order valence-corrected chi connectivity index (χ3v) is 9.10. The second kappa shape index (κ2) is 11.1. The second-order valence-electron chi connectivity index (χ2n) is 11.8. The lowest BCUT2D eigenvalue weighted by molar-refractivity contribution is -0.115. The summed E-state index contributed by atoms with van der Waals surface area (Å²) < 4.78 is 2.03. The normalized spacial score (nSPS) is 22.2. The van der Waals surface area contributed by atoms with Crippen molar-refractivity contribution in [3.8, 4) is 0 Å². The molecule has 2 aromatic carbocycles. The number of anilines is 5. The van der Waals surface area contributed by atoms with Crippen LogP contribution in [0.25, 0.3) is 10.9 Å². The minimum atomic E-state index is 0.00982. The highest BCUT2D eigenvalue weighted by Gasteiger charge is 2.28. The van der Waals surface area contributed by atoms with Crippen molar-refractivity contribution in [2.75, 3.05) is 47.0 Å². The zero-order valence-electron chi connectivity index (χ0n) is 24.0. The maximum Gasteiger partial charge on any atom is 0.228 e. The van der Waals surface area contributed by atoms with Crippen molar-refractivity contribution in [3.05, 3.63) is 58.9 Å². The standard InChI is InChI=1S/C31H36ClN9O/c1-18-17-41(31-34-16-24(32)30(38-31)36-21-6-8-26-20(12-21)13-28(42)37-26)11-9-25(18)35-22-5-7-23-27(14-22)40(2)39-29(23)19-4-3-10-33-15-19/h5-8,12,14,16,18-19,25,33,35H,3-4,9-11,13,15,17H2,1-2H3,(H,37,42)(H,34,36,38)/t18-,19?,25-/m1/s1. The summed E-state index contributed by atoms with van der Waals surface area (Å²) in [4.78, 5) is 23.3. The van der Waals surface area contributed by atoms with Crippen LogP contribution in [0, 0.1) is 5.92 Å². The summed E-state index contributed by atoms with van der Waals surface area (Å²) in [5.41, 5.74) is 6.17. The van der Waals surface area contributed by atoms with Gasteiger partial charge < -0.3 is 26.2 Å². The van der Waals surface area contributed by atoms with Gasteiger partial charge >= 0.3 is 0 Å². The van der Waals surface area contributed by atoms with Gasteiger partial charge in [0.2, 0.25) is 11.9 Å². The van der Waals surface area contributed by atoms with Crippen molar-refractivity contribution in [2.24, 2.45) is 13.0 Å². The van der Waals surface area contributed by atoms with Crippen LogP contribution >= 0.6 is 11.6 Å². The monoisotopic (exact) mass is 585 g/mol. The molecule has 11 heteroatoms. The summed E-state index contributed by atoms with van der Waals surface area (Å²) >= 11 is 6.47. The Morgan fingerprint density at radius 2 is 2.00 bits per heavy atom. The highest BCUT2D eigenvalue weighted by molar-refractivity contribution is 6.32. The fraction of sp³-hybridized carbons (Fsp3) is 0.419. The molecular weight excluding hydrogens is 550 g/mol. The molecule has 10 nitrogen and oxygen atoms in total. The lowest BCUT2D eigenvalue weighted by atomic mass is 9.93. The first-order chi connectivity index (χ1) is 20.4. The summed E-state index contributed by atoms with van der Waals surface area (Å²) in [7, 11) is 2.05. The fourth-order valence-electron chi connectivity index (χ4n) is 6.56. The van der Waals surface area contributed by atoms with E-state index in [9.17, 15) is 4.79 Å². The third-order valence-electron chi connectivity index (χ3n) is 8.83. The van der Waals surface area contributed by atoms with Gasteiger partial charge in [0.05, 0.1) is 23.8 Å². The summed E-state index contributed by atoms with van der Waals surface area (Å²) in [5.74, 6) is 2.08. The lowest BCUT2D eigenvalue weighted by Gasteiger charge is -2.37. The van der Waals surface area contributed by atoms with E-state index in [1.165, 1.54) is 29.4 Å². The van der Waals surface area contributed by atoms with Gasteiger partial charge in [-0.1, -0.05) is 18.5 Å². The van der Waals surface area contributed by atoms with Gasteiger partial charge in [0.25, 0.3) is 0 Å². The van der Waals surface area contributed by atoms with Gasteiger partial charge in [-0.05, 0) is 73.7 Å². The van der Waals surface area contributed by atoms with Gasteiger partial charge in [0, 0.05) is 61.1 Å². The molecule has 4 N–H and O–H groups in total. The highest BCUT2D eigenvalue weighted by atomic mass is 35.5. The molecule has 5 heterocycles. The van der Waals surface area contributed by atoms with E-state index in [-0.39, 0.29) is 5.91 Å². The molecule has 2 aromatic heterocycles. The summed E-state index contributed by atoms with van der Waals surface area (Å²) in [6.45, 7) is 6.05. The zero-order valence-corrected chi connectivity index (χ0v) is 24.7. The summed E-state index contributed by atoms with van der Waals surface area (Å²) in [6.07, 6.45) is 5.39. The lowest BCUT2D eigenvalue weighted by Crippen LogP contribution is -2.46. The van der Waals surface area contributed by atoms with Gasteiger partial charge in [0.1, 0.15) is 5.02 Å². The molecule has 0 radical (unpaired) electrons. The van der Waals surface area contributed by atoms with Gasteiger partial charge in [-0.25, -0.2) is 4.98 Å². The molecule has 1 unspecified atom stereocenters. The van der Waals surface area contributed by atoms with E-state index < -0.39 is 0 Å². The number of aromatic nitrogens is 4. The molecule has 0 aliphatic carbocycles. The van der Waals surface area contributed by atoms with Gasteiger partial charge in [-0.2, -0.15) is 10.1 Å². The quantitative estimate of drug-likeness (QED) is 0.249. The van der Waals surface area contributed by atoms with Crippen LogP contribution in [0.2, 0.25) is 5.02 Å². The number of rotatable bonds is 6. The minimum Gasteiger partial charge on any atom is -0.382 e. The van der Waals surface area contributed by atoms with Gasteiger partial charge in [-0.3, -0.25) is 9.48 Å². The zero-order chi connectivity index (χ0) is 28.8. The summed E-state index contributed by atoms with van der Waals surface area (Å²) in [6, 6.07) is 12.8. The topological polar surface area (TPSA) is 112 Å². The van der Waals surface area contributed by atoms with E-state index in [1.54, 1.807) is 6.20 Å². The molecule has 1 amide bonds. The Morgan fingerprint density at radius 3 is 2.83 bits per heavy atom. The summed E-state index contributed by atoms with van der Waals surface area (Å²) in [5, 5.41) is 20.1. The van der Waals surface area contributed by atoms with E-state index in [0.29, 0.717) is 41.1 Å². The average Bonchev–Trinajstić information content (AvgIpc) is 3.53. The maximum atomic E-state index is 11.7. The van der Waals surface area contributed by atoms with Crippen molar-refractivity contribution in [1.29, 1.82) is 0 Å². The molecule has 3 atom stereocenters. The number of piperidine rings is 2. The Labute approximate surface area is 250 Å². The Bertz CT molecular complexity index is 1650. The number of nitrogens with zero attached hydrogens (tertiary/aromatic N) is 5. The van der Waals surface area contributed by atoms with E-state index in [0.717, 1.165) is 55.2 Å². The van der Waals surface area contributed by atoms with Crippen molar-refractivity contribution < 1.29 is 4.79 Å². The molecule has 7 rings (SSSR count). The predicted molar refractivity (Wildman–Crippen MR) is 168 cm³/mol. The van der Waals surface area contributed by atoms with Crippen molar-refractivity contribution in [1.82, 2.24) is 25.1 Å². The van der Waals surface area contributed by atoms with Crippen molar-refractivity contribution in [2.45, 2.75) is 44.6 Å². The van der Waals surface area contributed by atoms with Crippen molar-refractivity contribution >= 4 is 57.2 Å². The van der Waals surface area contributed by atoms with Gasteiger partial charge in [0.15, 0.2) is 5.82 Å². The third kappa shape index (κ3) is 5.25. The van der Waals surface area contributed by atoms with Crippen LogP contribution in [0.3, 0.4) is 0 Å². The van der Waals surface area contributed by atoms with Crippen LogP contribution in [-0.2, 0) is 18.3 Å². The number of carbonyl (C=O) groups excluding carboxylic acids is 1. The predicted octanol–water partition coefficient (Wildman–Crippen LogP) is 5.05. The molecule has 42 heavy (non-hydrogen) atoms. The average molecular weight is 586 g/mol. The second-order valence-corrected chi connectivity index (χ2v) is 12.2. The molecule has 3 aliphatic rings. The molecular formula is C31H36ClN9O. The van der Waals surface area contributed by atoms with Crippen LogP contribution in [0.5, 0.6) is 0 Å². The number of hydrogen-bond donors (Lipinski definition) is 4. The minimum absolute atomic E-state index is 0.00982. The largest absolute Gasteiger partial charge is 0.382 e. The number of fused-ring (bicyclic) bond motifs is 2. The van der Waals surface area contributed by atoms with Crippen LogP contribution in [0.1, 0.15) is 43.4 Å². The van der Waals surface area contributed by atoms with Crippen LogP contribution in [0.15, 0.2) is 42.6 Å². The van der Waals surface area contributed by atoms with E-state index >= 15 is 0 Å². The number of amides is 1. The van der Waals surface area contributed by atoms with Gasteiger partial charge in [-0.15, -0.1) is 0 Å². The maximum absolute atomic E-state index is 11.7. The highest BCUT2D eigenvalue weighted by Crippen LogP contribution is 2.33. The van der Waals surface area contributed by atoms with E-state index in [2.05, 4.69) is 56.3 Å². The van der Waals surface area contributed by atoms with Crippen molar-refractivity contribution in [3.63, 3.8) is 0 Å². The first-order valence-electron chi connectivity index (χ1n) is 14.8. The number of carbonyl (C=O) groups is 1. The van der Waals surface area contributed by atoms with E-state index in [4.69, 9.17) is 21.7 Å².